The molecule has 0 aromatic rings. The fourth-order valence-corrected chi connectivity index (χ4v) is 3.19. The van der Waals surface area contributed by atoms with Crippen molar-refractivity contribution in [2.75, 3.05) is 0 Å². The number of nitrogens with one attached hydrogen (secondary N) is 1. The van der Waals surface area contributed by atoms with Crippen LogP contribution < -0.4 is 5.32 Å². The highest BCUT2D eigenvalue weighted by Gasteiger charge is 2.90. The Labute approximate surface area is 209 Å². The second-order valence-corrected chi connectivity index (χ2v) is 10.9. The molecule has 18 heteroatoms. The molecule has 1 N–H and O–H groups in total. The van der Waals surface area contributed by atoms with Crippen LogP contribution in [0.1, 0.15) is 47.5 Å². The molecule has 36 heavy (non-hydrogen) atoms. The Balaban J connectivity index is 5.87. The van der Waals surface area contributed by atoms with Gasteiger partial charge in [-0.15, -0.1) is 0 Å². The average molecular weight is 673 g/mol. The Bertz CT molecular complexity index is 820. The normalized spacial score (nSPS) is 16.0. The van der Waals surface area contributed by atoms with Crippen molar-refractivity contribution in [1.29, 1.82) is 0 Å². The molecular formula is C18H21F13INO3. The molecule has 0 aliphatic carbocycles. The third kappa shape index (κ3) is 6.99. The number of hydrogen-bond acceptors (Lipinski definition) is 3. The van der Waals surface area contributed by atoms with Crippen molar-refractivity contribution in [3.05, 3.63) is 0 Å². The van der Waals surface area contributed by atoms with Crippen LogP contribution in [-0.2, 0) is 9.53 Å². The fourth-order valence-electron chi connectivity index (χ4n) is 2.42. The minimum Gasteiger partial charge on any atom is -0.444 e. The SMILES string of the molecule is CC(C)(C)OC(=O)NC(=O)CC(C)(C)C(I)CC(F)(F)C(F)(F)C(F)(F)C(F)(F)C(F)(F)C(F)(F)F. The fraction of sp³-hybridized carbons (Fsp3) is 0.889. The molecule has 214 valence electrons. The molecule has 4 nitrogen and oxygen atoms in total. The van der Waals surface area contributed by atoms with Gasteiger partial charge in [-0.1, -0.05) is 36.4 Å². The van der Waals surface area contributed by atoms with Gasteiger partial charge in [-0.05, 0) is 26.2 Å². The van der Waals surface area contributed by atoms with Crippen LogP contribution >= 0.6 is 22.6 Å². The van der Waals surface area contributed by atoms with Gasteiger partial charge in [-0.3, -0.25) is 10.1 Å². The van der Waals surface area contributed by atoms with Crippen molar-refractivity contribution in [1.82, 2.24) is 5.32 Å². The Hall–Kier alpha value is -1.24. The van der Waals surface area contributed by atoms with Crippen LogP contribution in [0.4, 0.5) is 61.9 Å². The third-order valence-corrected chi connectivity index (χ3v) is 6.66. The van der Waals surface area contributed by atoms with Gasteiger partial charge in [-0.2, -0.15) is 57.1 Å². The molecule has 0 rings (SSSR count). The Morgan fingerprint density at radius 1 is 0.722 bits per heavy atom. The van der Waals surface area contributed by atoms with E-state index in [1.807, 2.05) is 0 Å². The smallest absolute Gasteiger partial charge is 0.444 e. The molecule has 0 saturated carbocycles. The summed E-state index contributed by atoms with van der Waals surface area (Å²) in [5.74, 6) is -38.5. The monoisotopic (exact) mass is 673 g/mol. The first-order chi connectivity index (χ1) is 15.4. The van der Waals surface area contributed by atoms with E-state index < -0.39 is 75.6 Å². The molecule has 0 aliphatic heterocycles. The van der Waals surface area contributed by atoms with E-state index in [1.54, 1.807) is 5.32 Å². The van der Waals surface area contributed by atoms with Crippen LogP contribution in [0.15, 0.2) is 0 Å². The molecular weight excluding hydrogens is 652 g/mol. The van der Waals surface area contributed by atoms with E-state index >= 15 is 0 Å². The highest BCUT2D eigenvalue weighted by Crippen LogP contribution is 2.61. The predicted octanol–water partition coefficient (Wildman–Crippen LogP) is 7.39. The number of amides is 2. The van der Waals surface area contributed by atoms with E-state index in [0.29, 0.717) is 0 Å². The number of carbonyl (C=O) groups excluding carboxylic acids is 2. The number of carbonyl (C=O) groups is 2. The lowest BCUT2D eigenvalue weighted by atomic mass is 9.81. The molecule has 1 atom stereocenters. The summed E-state index contributed by atoms with van der Waals surface area (Å²) in [5, 5.41) is 1.67. The second-order valence-electron chi connectivity index (χ2n) is 9.39. The topological polar surface area (TPSA) is 55.4 Å². The Morgan fingerprint density at radius 3 is 1.47 bits per heavy atom. The lowest BCUT2D eigenvalue weighted by Crippen LogP contribution is -2.70. The van der Waals surface area contributed by atoms with Crippen molar-refractivity contribution in [2.45, 2.75) is 92.8 Å². The maximum atomic E-state index is 14.2. The number of alkyl carbamates (subject to hydrolysis) is 1. The zero-order valence-electron chi connectivity index (χ0n) is 19.0. The van der Waals surface area contributed by atoms with E-state index in [0.717, 1.165) is 36.4 Å². The van der Waals surface area contributed by atoms with Gasteiger partial charge in [0.2, 0.25) is 5.91 Å². The van der Waals surface area contributed by atoms with E-state index in [2.05, 4.69) is 0 Å². The number of halogens is 14. The van der Waals surface area contributed by atoms with Crippen LogP contribution in [0.25, 0.3) is 0 Å². The van der Waals surface area contributed by atoms with E-state index in [4.69, 9.17) is 4.74 Å². The highest BCUT2D eigenvalue weighted by atomic mass is 127. The summed E-state index contributed by atoms with van der Waals surface area (Å²) in [6.07, 6.45) is -12.2. The maximum absolute atomic E-state index is 14.2. The van der Waals surface area contributed by atoms with Crippen LogP contribution in [0.2, 0.25) is 0 Å². The van der Waals surface area contributed by atoms with Gasteiger partial charge in [0, 0.05) is 16.8 Å². The first-order valence-electron chi connectivity index (χ1n) is 9.50. The van der Waals surface area contributed by atoms with Crippen molar-refractivity contribution in [3.63, 3.8) is 0 Å². The molecule has 0 aromatic carbocycles. The van der Waals surface area contributed by atoms with Crippen molar-refractivity contribution in [3.8, 4) is 0 Å². The molecule has 1 unspecified atom stereocenters. The van der Waals surface area contributed by atoms with Gasteiger partial charge in [0.1, 0.15) is 5.60 Å². The number of rotatable bonds is 9. The summed E-state index contributed by atoms with van der Waals surface area (Å²) in [7, 11) is 0. The average Bonchev–Trinajstić information content (AvgIpc) is 2.56. The first-order valence-corrected chi connectivity index (χ1v) is 10.7. The third-order valence-electron chi connectivity index (χ3n) is 4.54. The number of imide groups is 1. The lowest BCUT2D eigenvalue weighted by Gasteiger charge is -2.41. The Morgan fingerprint density at radius 2 is 1.11 bits per heavy atom. The molecule has 0 spiro atoms. The van der Waals surface area contributed by atoms with Crippen LogP contribution in [0.3, 0.4) is 0 Å². The largest absolute Gasteiger partial charge is 0.460 e. The van der Waals surface area contributed by atoms with Crippen molar-refractivity contribution in [2.24, 2.45) is 5.41 Å². The quantitative estimate of drug-likeness (QED) is 0.158. The molecule has 0 bridgehead atoms. The molecule has 0 radical (unpaired) electrons. The summed E-state index contributed by atoms with van der Waals surface area (Å²) in [6.45, 7) is 6.12. The van der Waals surface area contributed by atoms with Gasteiger partial charge in [-0.25, -0.2) is 4.79 Å². The number of hydrogen-bond donors (Lipinski definition) is 1. The molecule has 0 fully saturated rings. The number of ether oxygens (including phenoxy) is 1. The minimum atomic E-state index is -7.98. The lowest BCUT2D eigenvalue weighted by molar-refractivity contribution is -0.440. The molecule has 2 amide bonds. The van der Waals surface area contributed by atoms with E-state index in [9.17, 15) is 66.7 Å². The minimum absolute atomic E-state index is 0.916. The predicted molar refractivity (Wildman–Crippen MR) is 106 cm³/mol. The summed E-state index contributed by atoms with van der Waals surface area (Å²) in [6, 6.07) is 0. The van der Waals surface area contributed by atoms with Crippen LogP contribution in [0.5, 0.6) is 0 Å². The highest BCUT2D eigenvalue weighted by molar-refractivity contribution is 14.1. The standard InChI is InChI=1S/C18H21F13INO3/c1-11(2,3)36-10(35)33-9(34)7-12(4,5)8(32)6-13(19,20)14(21,22)15(23,24)16(25,26)17(27,28)18(29,30)31/h8H,6-7H2,1-5H3,(H,33,34,35). The maximum Gasteiger partial charge on any atom is 0.460 e. The van der Waals surface area contributed by atoms with Gasteiger partial charge in [0.15, 0.2) is 0 Å². The zero-order chi connectivity index (χ0) is 29.6. The molecule has 0 heterocycles. The van der Waals surface area contributed by atoms with Crippen LogP contribution in [0, 0.1) is 5.41 Å². The van der Waals surface area contributed by atoms with Crippen molar-refractivity contribution < 1.29 is 71.4 Å². The summed E-state index contributed by atoms with van der Waals surface area (Å²) >= 11 is 0.947. The van der Waals surface area contributed by atoms with E-state index in [-0.39, 0.29) is 0 Å². The Kier molecular flexibility index (Phi) is 9.80. The van der Waals surface area contributed by atoms with Gasteiger partial charge in [0.25, 0.3) is 0 Å². The first kappa shape index (κ1) is 34.8. The van der Waals surface area contributed by atoms with Gasteiger partial charge < -0.3 is 4.74 Å². The molecule has 0 saturated heterocycles. The molecule has 0 aromatic heterocycles. The second kappa shape index (κ2) is 10.1. The summed E-state index contributed by atoms with van der Waals surface area (Å²) in [4.78, 5) is 23.5. The van der Waals surface area contributed by atoms with Crippen molar-refractivity contribution >= 4 is 34.6 Å². The number of alkyl halides is 14. The van der Waals surface area contributed by atoms with E-state index in [1.165, 1.54) is 20.8 Å². The zero-order valence-corrected chi connectivity index (χ0v) is 21.2. The van der Waals surface area contributed by atoms with Gasteiger partial charge in [0.05, 0.1) is 0 Å². The molecule has 0 aliphatic rings. The summed E-state index contributed by atoms with van der Waals surface area (Å²) < 4.78 is 175. The van der Waals surface area contributed by atoms with Gasteiger partial charge >= 0.3 is 41.9 Å². The van der Waals surface area contributed by atoms with Crippen LogP contribution in [-0.4, -0.2) is 57.3 Å². The summed E-state index contributed by atoms with van der Waals surface area (Å²) in [5.41, 5.74) is -2.94.